The number of nitrogens with zero attached hydrogens (tertiary/aromatic N) is 2. The van der Waals surface area contributed by atoms with E-state index >= 15 is 0 Å². The average Bonchev–Trinajstić information content (AvgIpc) is 3.41. The molecule has 4 aromatic rings. The molecule has 1 heterocycles. The van der Waals surface area contributed by atoms with Crippen LogP contribution in [0.4, 0.5) is 5.69 Å². The number of hydrogen-bond donors (Lipinski definition) is 0. The Bertz CT molecular complexity index is 1370. The Labute approximate surface area is 203 Å². The number of nitro groups is 1. The van der Waals surface area contributed by atoms with Gasteiger partial charge in [0.05, 0.1) is 12.0 Å². The summed E-state index contributed by atoms with van der Waals surface area (Å²) in [4.78, 5) is 23.2. The molecule has 0 amide bonds. The summed E-state index contributed by atoms with van der Waals surface area (Å²) in [5.41, 5.74) is 3.76. The molecule has 0 bridgehead atoms. The lowest BCUT2D eigenvalue weighted by molar-refractivity contribution is -0.385. The Morgan fingerprint density at radius 1 is 1.03 bits per heavy atom. The number of rotatable bonds is 9. The predicted molar refractivity (Wildman–Crippen MR) is 134 cm³/mol. The summed E-state index contributed by atoms with van der Waals surface area (Å²) in [5.74, 6) is 1.07. The second kappa shape index (κ2) is 10.5. The summed E-state index contributed by atoms with van der Waals surface area (Å²) in [6.07, 6.45) is 7.19. The molecule has 0 aliphatic rings. The average molecular weight is 469 g/mol. The van der Waals surface area contributed by atoms with Crippen LogP contribution in [0.5, 0.6) is 11.5 Å². The van der Waals surface area contributed by atoms with Gasteiger partial charge < -0.3 is 14.0 Å². The van der Waals surface area contributed by atoms with Crippen molar-refractivity contribution in [2.45, 2.75) is 13.5 Å². The first-order valence-corrected chi connectivity index (χ1v) is 10.9. The van der Waals surface area contributed by atoms with E-state index in [1.807, 2.05) is 71.6 Å². The van der Waals surface area contributed by atoms with Crippen molar-refractivity contribution < 1.29 is 19.2 Å². The van der Waals surface area contributed by atoms with E-state index in [1.165, 1.54) is 12.1 Å². The molecule has 0 saturated carbocycles. The number of aromatic nitrogens is 1. The number of hydrogen-bond acceptors (Lipinski definition) is 5. The topological polar surface area (TPSA) is 83.6 Å². The second-order valence-corrected chi connectivity index (χ2v) is 7.90. The van der Waals surface area contributed by atoms with Gasteiger partial charge in [-0.1, -0.05) is 12.1 Å². The van der Waals surface area contributed by atoms with Crippen molar-refractivity contribution in [3.63, 3.8) is 0 Å². The molecule has 0 saturated heterocycles. The number of ketones is 1. The smallest absolute Gasteiger partial charge is 0.272 e. The van der Waals surface area contributed by atoms with Crippen molar-refractivity contribution in [1.29, 1.82) is 0 Å². The van der Waals surface area contributed by atoms with Gasteiger partial charge in [-0.05, 0) is 79.2 Å². The summed E-state index contributed by atoms with van der Waals surface area (Å²) in [6.45, 7) is 1.87. The highest BCUT2D eigenvalue weighted by atomic mass is 16.6. The van der Waals surface area contributed by atoms with Crippen molar-refractivity contribution in [1.82, 2.24) is 4.57 Å². The lowest BCUT2D eigenvalue weighted by Crippen LogP contribution is -2.00. The molecule has 0 aliphatic heterocycles. The number of ether oxygens (including phenoxy) is 2. The van der Waals surface area contributed by atoms with Gasteiger partial charge in [-0.3, -0.25) is 14.9 Å². The molecule has 0 radical (unpaired) electrons. The number of carbonyl (C=O) groups excluding carboxylic acids is 1. The lowest BCUT2D eigenvalue weighted by Gasteiger charge is -2.12. The van der Waals surface area contributed by atoms with Crippen molar-refractivity contribution in [3.8, 4) is 17.2 Å². The van der Waals surface area contributed by atoms with E-state index in [-0.39, 0.29) is 18.1 Å². The van der Waals surface area contributed by atoms with Gasteiger partial charge in [-0.15, -0.1) is 0 Å². The highest BCUT2D eigenvalue weighted by Gasteiger charge is 2.12. The van der Waals surface area contributed by atoms with E-state index in [0.29, 0.717) is 22.6 Å². The standard InChI is InChI=1S/C28H24N2O5/c1-20-17-25(11-12-26(20)30(32)33)35-19-23-18-21(6-14-28(23)34-2)5-13-27(31)22-7-9-24(10-8-22)29-15-3-4-16-29/h3-18H,19H2,1-2H3/b13-5+. The molecule has 3 aromatic carbocycles. The third-order valence-corrected chi connectivity index (χ3v) is 5.55. The maximum absolute atomic E-state index is 12.7. The van der Waals surface area contributed by atoms with Crippen molar-refractivity contribution in [3.05, 3.63) is 124 Å². The number of allylic oxidation sites excluding steroid dienone is 1. The fraction of sp³-hybridized carbons (Fsp3) is 0.107. The minimum Gasteiger partial charge on any atom is -0.496 e. The van der Waals surface area contributed by atoms with E-state index in [9.17, 15) is 14.9 Å². The molecule has 0 spiro atoms. The zero-order valence-corrected chi connectivity index (χ0v) is 19.4. The highest BCUT2D eigenvalue weighted by molar-refractivity contribution is 6.06. The summed E-state index contributed by atoms with van der Waals surface area (Å²) in [5, 5.41) is 11.0. The summed E-state index contributed by atoms with van der Waals surface area (Å²) in [6, 6.07) is 21.5. The van der Waals surface area contributed by atoms with Crippen LogP contribution in [-0.2, 0) is 6.61 Å². The molecule has 1 aromatic heterocycles. The quantitative estimate of drug-likeness (QED) is 0.127. The predicted octanol–water partition coefficient (Wildman–Crippen LogP) is 6.18. The van der Waals surface area contributed by atoms with E-state index in [0.717, 1.165) is 16.8 Å². The second-order valence-electron chi connectivity index (χ2n) is 7.90. The van der Waals surface area contributed by atoms with Crippen LogP contribution in [0.1, 0.15) is 27.0 Å². The largest absolute Gasteiger partial charge is 0.496 e. The molecule has 0 N–H and O–H groups in total. The first-order valence-electron chi connectivity index (χ1n) is 10.9. The van der Waals surface area contributed by atoms with Crippen LogP contribution in [0.25, 0.3) is 11.8 Å². The van der Waals surface area contributed by atoms with Crippen LogP contribution >= 0.6 is 0 Å². The highest BCUT2D eigenvalue weighted by Crippen LogP contribution is 2.26. The van der Waals surface area contributed by atoms with Gasteiger partial charge in [-0.25, -0.2) is 0 Å². The maximum Gasteiger partial charge on any atom is 0.272 e. The molecule has 7 nitrogen and oxygen atoms in total. The molecule has 0 fully saturated rings. The lowest BCUT2D eigenvalue weighted by atomic mass is 10.1. The number of benzene rings is 3. The zero-order chi connectivity index (χ0) is 24.8. The van der Waals surface area contributed by atoms with E-state index < -0.39 is 4.92 Å². The molecular formula is C28H24N2O5. The maximum atomic E-state index is 12.7. The Balaban J connectivity index is 1.45. The van der Waals surface area contributed by atoms with Gasteiger partial charge in [-0.2, -0.15) is 0 Å². The van der Waals surface area contributed by atoms with Gasteiger partial charge >= 0.3 is 0 Å². The van der Waals surface area contributed by atoms with Gasteiger partial charge in [0.2, 0.25) is 0 Å². The molecule has 7 heteroatoms. The summed E-state index contributed by atoms with van der Waals surface area (Å²) >= 11 is 0. The summed E-state index contributed by atoms with van der Waals surface area (Å²) < 4.78 is 13.3. The number of nitro benzene ring substituents is 1. The first kappa shape index (κ1) is 23.5. The molecular weight excluding hydrogens is 444 g/mol. The fourth-order valence-corrected chi connectivity index (χ4v) is 3.67. The fourth-order valence-electron chi connectivity index (χ4n) is 3.67. The monoisotopic (exact) mass is 468 g/mol. The van der Waals surface area contributed by atoms with Crippen molar-refractivity contribution >= 4 is 17.5 Å². The van der Waals surface area contributed by atoms with Crippen LogP contribution in [0.15, 0.2) is 91.3 Å². The van der Waals surface area contributed by atoms with Crippen molar-refractivity contribution in [2.24, 2.45) is 0 Å². The van der Waals surface area contributed by atoms with Crippen LogP contribution in [-0.4, -0.2) is 22.4 Å². The van der Waals surface area contributed by atoms with Crippen LogP contribution < -0.4 is 9.47 Å². The van der Waals surface area contributed by atoms with Crippen LogP contribution in [0.2, 0.25) is 0 Å². The molecule has 0 unspecified atom stereocenters. The van der Waals surface area contributed by atoms with E-state index in [2.05, 4.69) is 0 Å². The van der Waals surface area contributed by atoms with Gasteiger partial charge in [0, 0.05) is 40.8 Å². The van der Waals surface area contributed by atoms with Crippen molar-refractivity contribution in [2.75, 3.05) is 7.11 Å². The summed E-state index contributed by atoms with van der Waals surface area (Å²) in [7, 11) is 1.57. The first-order chi connectivity index (χ1) is 16.9. The zero-order valence-electron chi connectivity index (χ0n) is 19.4. The third-order valence-electron chi connectivity index (χ3n) is 5.55. The minimum atomic E-state index is -0.421. The molecule has 0 aliphatic carbocycles. The normalized spacial score (nSPS) is 10.9. The molecule has 35 heavy (non-hydrogen) atoms. The molecule has 0 atom stereocenters. The molecule has 4 rings (SSSR count). The van der Waals surface area contributed by atoms with E-state index in [4.69, 9.17) is 9.47 Å². The van der Waals surface area contributed by atoms with Gasteiger partial charge in [0.1, 0.15) is 18.1 Å². The van der Waals surface area contributed by atoms with E-state index in [1.54, 1.807) is 32.2 Å². The third kappa shape index (κ3) is 5.65. The number of carbonyl (C=O) groups is 1. The van der Waals surface area contributed by atoms with Gasteiger partial charge in [0.15, 0.2) is 5.78 Å². The number of aryl methyl sites for hydroxylation is 1. The Morgan fingerprint density at radius 3 is 2.43 bits per heavy atom. The van der Waals surface area contributed by atoms with Crippen LogP contribution in [0.3, 0.4) is 0 Å². The van der Waals surface area contributed by atoms with Gasteiger partial charge in [0.25, 0.3) is 5.69 Å². The minimum absolute atomic E-state index is 0.0473. The SMILES string of the molecule is COc1ccc(/C=C/C(=O)c2ccc(-n3cccc3)cc2)cc1COc1ccc([N+](=O)[O-])c(C)c1. The Hall–Kier alpha value is -4.65. The number of methoxy groups -OCH3 is 1. The van der Waals surface area contributed by atoms with Crippen LogP contribution in [0, 0.1) is 17.0 Å². The Morgan fingerprint density at radius 2 is 1.77 bits per heavy atom. The Kier molecular flexibility index (Phi) is 7.07. The molecule has 176 valence electrons.